The van der Waals surface area contributed by atoms with Gasteiger partial charge < -0.3 is 14.1 Å². The molecule has 0 saturated heterocycles. The Morgan fingerprint density at radius 1 is 0.964 bits per heavy atom. The zero-order valence-corrected chi connectivity index (χ0v) is 15.5. The summed E-state index contributed by atoms with van der Waals surface area (Å²) in [5.74, 6) is 1.50. The van der Waals surface area contributed by atoms with Gasteiger partial charge in [0.2, 0.25) is 0 Å². The first-order chi connectivity index (χ1) is 13.7. The highest BCUT2D eigenvalue weighted by atomic mass is 16.5. The van der Waals surface area contributed by atoms with Gasteiger partial charge in [-0.05, 0) is 35.4 Å². The topological polar surface area (TPSA) is 55.6 Å². The highest BCUT2D eigenvalue weighted by Crippen LogP contribution is 2.25. The summed E-state index contributed by atoms with van der Waals surface area (Å²) < 4.78 is 10.6. The van der Waals surface area contributed by atoms with E-state index < -0.39 is 0 Å². The second-order valence-corrected chi connectivity index (χ2v) is 6.48. The van der Waals surface area contributed by atoms with Crippen LogP contribution in [0.25, 0.3) is 11.0 Å². The van der Waals surface area contributed by atoms with Crippen molar-refractivity contribution in [1.82, 2.24) is 4.98 Å². The molecule has 0 aliphatic heterocycles. The Morgan fingerprint density at radius 2 is 1.79 bits per heavy atom. The maximum Gasteiger partial charge on any atom is 0.336 e. The number of anilines is 1. The minimum Gasteiger partial charge on any atom is -0.497 e. The van der Waals surface area contributed by atoms with Gasteiger partial charge in [0.05, 0.1) is 7.11 Å². The standard InChI is InChI=1S/C23H20N2O3/c1-27-19-10-11-20-18(13-23(26)28-21(20)14-19)16-25(22-9-5-6-12-24-22)15-17-7-3-2-4-8-17/h2-14H,15-16H2,1H3. The van der Waals surface area contributed by atoms with Crippen LogP contribution in [-0.4, -0.2) is 12.1 Å². The van der Waals surface area contributed by atoms with Crippen LogP contribution in [0, 0.1) is 0 Å². The van der Waals surface area contributed by atoms with E-state index in [0.717, 1.165) is 16.8 Å². The normalized spacial score (nSPS) is 10.8. The number of pyridine rings is 1. The molecule has 4 aromatic rings. The number of methoxy groups -OCH3 is 1. The lowest BCUT2D eigenvalue weighted by Gasteiger charge is -2.24. The van der Waals surface area contributed by atoms with Crippen molar-refractivity contribution in [2.24, 2.45) is 0 Å². The summed E-state index contributed by atoms with van der Waals surface area (Å²) >= 11 is 0. The summed E-state index contributed by atoms with van der Waals surface area (Å²) in [6.07, 6.45) is 1.77. The van der Waals surface area contributed by atoms with Crippen LogP contribution in [0.2, 0.25) is 0 Å². The smallest absolute Gasteiger partial charge is 0.336 e. The minimum absolute atomic E-state index is 0.378. The zero-order valence-electron chi connectivity index (χ0n) is 15.5. The van der Waals surface area contributed by atoms with Gasteiger partial charge in [-0.2, -0.15) is 0 Å². The minimum atomic E-state index is -0.378. The fourth-order valence-electron chi connectivity index (χ4n) is 3.24. The quantitative estimate of drug-likeness (QED) is 0.470. The van der Waals surface area contributed by atoms with E-state index in [1.807, 2.05) is 48.5 Å². The van der Waals surface area contributed by atoms with Gasteiger partial charge in [0, 0.05) is 36.8 Å². The van der Waals surface area contributed by atoms with Crippen molar-refractivity contribution in [1.29, 1.82) is 0 Å². The van der Waals surface area contributed by atoms with Gasteiger partial charge in [0.15, 0.2) is 0 Å². The van der Waals surface area contributed by atoms with Crippen LogP contribution >= 0.6 is 0 Å². The summed E-state index contributed by atoms with van der Waals surface area (Å²) in [5.41, 5.74) is 2.19. The van der Waals surface area contributed by atoms with Gasteiger partial charge in [-0.25, -0.2) is 9.78 Å². The van der Waals surface area contributed by atoms with E-state index in [1.54, 1.807) is 25.4 Å². The van der Waals surface area contributed by atoms with Gasteiger partial charge in [0.1, 0.15) is 17.2 Å². The first-order valence-corrected chi connectivity index (χ1v) is 9.03. The number of ether oxygens (including phenoxy) is 1. The summed E-state index contributed by atoms with van der Waals surface area (Å²) in [5, 5.41) is 0.884. The first-order valence-electron chi connectivity index (χ1n) is 9.03. The van der Waals surface area contributed by atoms with E-state index >= 15 is 0 Å². The number of nitrogens with zero attached hydrogens (tertiary/aromatic N) is 2. The highest BCUT2D eigenvalue weighted by Gasteiger charge is 2.14. The highest BCUT2D eigenvalue weighted by molar-refractivity contribution is 5.81. The Balaban J connectivity index is 1.75. The molecular formula is C23H20N2O3. The number of rotatable bonds is 6. The van der Waals surface area contributed by atoms with Crippen molar-refractivity contribution in [2.75, 3.05) is 12.0 Å². The molecule has 2 heterocycles. The number of hydrogen-bond donors (Lipinski definition) is 0. The van der Waals surface area contributed by atoms with Crippen molar-refractivity contribution in [3.05, 3.63) is 101 Å². The summed E-state index contributed by atoms with van der Waals surface area (Å²) in [6, 6.07) is 23.1. The molecule has 4 rings (SSSR count). The largest absolute Gasteiger partial charge is 0.497 e. The molecule has 5 nitrogen and oxygen atoms in total. The van der Waals surface area contributed by atoms with E-state index in [1.165, 1.54) is 5.56 Å². The Labute approximate surface area is 162 Å². The molecule has 0 saturated carbocycles. The monoisotopic (exact) mass is 372 g/mol. The Bertz CT molecular complexity index is 1120. The van der Waals surface area contributed by atoms with E-state index in [0.29, 0.717) is 24.4 Å². The Morgan fingerprint density at radius 3 is 2.54 bits per heavy atom. The van der Waals surface area contributed by atoms with Gasteiger partial charge in [-0.3, -0.25) is 0 Å². The lowest BCUT2D eigenvalue weighted by molar-refractivity contribution is 0.414. The fraction of sp³-hybridized carbons (Fsp3) is 0.130. The molecule has 2 aromatic carbocycles. The van der Waals surface area contributed by atoms with Crippen LogP contribution in [-0.2, 0) is 13.1 Å². The molecule has 0 N–H and O–H groups in total. The second-order valence-electron chi connectivity index (χ2n) is 6.48. The third kappa shape index (κ3) is 3.88. The van der Waals surface area contributed by atoms with Crippen LogP contribution in [0.5, 0.6) is 5.75 Å². The fourth-order valence-corrected chi connectivity index (χ4v) is 3.24. The molecule has 0 bridgehead atoms. The average molecular weight is 372 g/mol. The molecule has 5 heteroatoms. The molecule has 0 radical (unpaired) electrons. The number of benzene rings is 2. The molecule has 0 aliphatic rings. The molecule has 0 amide bonds. The van der Waals surface area contributed by atoms with Crippen LogP contribution in [0.1, 0.15) is 11.1 Å². The van der Waals surface area contributed by atoms with E-state index in [9.17, 15) is 4.79 Å². The van der Waals surface area contributed by atoms with Gasteiger partial charge >= 0.3 is 5.63 Å². The third-order valence-corrected chi connectivity index (χ3v) is 4.59. The first kappa shape index (κ1) is 17.8. The maximum absolute atomic E-state index is 12.1. The van der Waals surface area contributed by atoms with E-state index in [4.69, 9.17) is 9.15 Å². The predicted octanol–water partition coefficient (Wildman–Crippen LogP) is 4.40. The number of fused-ring (bicyclic) bond motifs is 1. The van der Waals surface area contributed by atoms with Crippen molar-refractivity contribution in [2.45, 2.75) is 13.1 Å². The van der Waals surface area contributed by atoms with Gasteiger partial charge in [0.25, 0.3) is 0 Å². The van der Waals surface area contributed by atoms with Crippen LogP contribution in [0.15, 0.2) is 88.2 Å². The summed E-state index contributed by atoms with van der Waals surface area (Å²) in [6.45, 7) is 1.20. The van der Waals surface area contributed by atoms with E-state index in [-0.39, 0.29) is 5.63 Å². The van der Waals surface area contributed by atoms with Crippen molar-refractivity contribution < 1.29 is 9.15 Å². The van der Waals surface area contributed by atoms with Crippen molar-refractivity contribution in [3.63, 3.8) is 0 Å². The number of aromatic nitrogens is 1. The second kappa shape index (κ2) is 7.96. The third-order valence-electron chi connectivity index (χ3n) is 4.59. The Hall–Kier alpha value is -3.60. The molecule has 0 fully saturated rings. The zero-order chi connectivity index (χ0) is 19.3. The van der Waals surface area contributed by atoms with E-state index in [2.05, 4.69) is 22.0 Å². The van der Waals surface area contributed by atoms with Crippen molar-refractivity contribution in [3.8, 4) is 5.75 Å². The molecule has 0 atom stereocenters. The summed E-state index contributed by atoms with van der Waals surface area (Å²) in [7, 11) is 1.59. The molecular weight excluding hydrogens is 352 g/mol. The van der Waals surface area contributed by atoms with Crippen molar-refractivity contribution >= 4 is 16.8 Å². The average Bonchev–Trinajstić information content (AvgIpc) is 2.74. The predicted molar refractivity (Wildman–Crippen MR) is 110 cm³/mol. The van der Waals surface area contributed by atoms with Gasteiger partial charge in [-0.1, -0.05) is 36.4 Å². The molecule has 0 spiro atoms. The molecule has 0 aliphatic carbocycles. The lowest BCUT2D eigenvalue weighted by atomic mass is 10.1. The molecule has 2 aromatic heterocycles. The summed E-state index contributed by atoms with van der Waals surface area (Å²) in [4.78, 5) is 18.8. The van der Waals surface area contributed by atoms with Crippen LogP contribution in [0.4, 0.5) is 5.82 Å². The maximum atomic E-state index is 12.1. The lowest BCUT2D eigenvalue weighted by Crippen LogP contribution is -2.23. The van der Waals surface area contributed by atoms with Crippen LogP contribution in [0.3, 0.4) is 0 Å². The SMILES string of the molecule is COc1ccc2c(CN(Cc3ccccc3)c3ccccn3)cc(=O)oc2c1. The van der Waals surface area contributed by atoms with Crippen LogP contribution < -0.4 is 15.3 Å². The number of hydrogen-bond acceptors (Lipinski definition) is 5. The molecule has 28 heavy (non-hydrogen) atoms. The molecule has 140 valence electrons. The van der Waals surface area contributed by atoms with Gasteiger partial charge in [-0.15, -0.1) is 0 Å². The molecule has 0 unspecified atom stereocenters. The Kier molecular flexibility index (Phi) is 5.06.